The molecule has 14 heteroatoms. The molecule has 1 aromatic heterocycles. The summed E-state index contributed by atoms with van der Waals surface area (Å²) in [5.41, 5.74) is 4.76. The molecule has 12 nitrogen and oxygen atoms in total. The van der Waals surface area contributed by atoms with E-state index in [0.717, 1.165) is 34.6 Å². The zero-order valence-corrected chi connectivity index (χ0v) is 30.4. The normalized spacial score (nSPS) is 17.7. The Kier molecular flexibility index (Phi) is 9.90. The van der Waals surface area contributed by atoms with Crippen molar-refractivity contribution in [1.29, 1.82) is 5.26 Å². The summed E-state index contributed by atoms with van der Waals surface area (Å²) < 4.78 is 29.3. The van der Waals surface area contributed by atoms with Crippen LogP contribution in [0.4, 0.5) is 10.1 Å². The SMILES string of the molecule is COc1cc(OC2CCc3c(-c4cccc(NC(=O)c5nc6c(n5C)CCN(C(C)CO)C6)c4C#N)cccc32)c(Cl)c(F)c1CNC1(C(=O)O)CC1. The molecule has 0 saturated heterocycles. The molecule has 1 fully saturated rings. The fraction of sp³-hybridized carbons (Fsp3) is 0.385. The molecule has 3 aromatic carbocycles. The first-order valence-electron chi connectivity index (χ1n) is 17.6. The molecule has 7 rings (SSSR count). The first kappa shape index (κ1) is 36.4. The second-order valence-electron chi connectivity index (χ2n) is 13.9. The number of carboxylic acids is 1. The number of hydrogen-bond acceptors (Lipinski definition) is 9. The maximum atomic E-state index is 15.7. The van der Waals surface area contributed by atoms with Crippen LogP contribution >= 0.6 is 11.6 Å². The highest BCUT2D eigenvalue weighted by Gasteiger charge is 2.50. The maximum absolute atomic E-state index is 15.7. The van der Waals surface area contributed by atoms with Crippen LogP contribution < -0.4 is 20.1 Å². The summed E-state index contributed by atoms with van der Waals surface area (Å²) in [6.07, 6.45) is 2.31. The predicted molar refractivity (Wildman–Crippen MR) is 195 cm³/mol. The van der Waals surface area contributed by atoms with Gasteiger partial charge in [-0.3, -0.25) is 19.8 Å². The number of fused-ring (bicyclic) bond motifs is 2. The van der Waals surface area contributed by atoms with E-state index in [1.807, 2.05) is 38.2 Å². The van der Waals surface area contributed by atoms with E-state index in [0.29, 0.717) is 55.5 Å². The molecule has 0 spiro atoms. The third kappa shape index (κ3) is 6.61. The van der Waals surface area contributed by atoms with Gasteiger partial charge in [0.15, 0.2) is 11.6 Å². The highest BCUT2D eigenvalue weighted by Crippen LogP contribution is 2.45. The molecule has 53 heavy (non-hydrogen) atoms. The van der Waals surface area contributed by atoms with Crippen molar-refractivity contribution in [2.45, 2.75) is 69.8 Å². The van der Waals surface area contributed by atoms with E-state index in [4.69, 9.17) is 21.1 Å². The van der Waals surface area contributed by atoms with E-state index in [1.54, 1.807) is 16.7 Å². The van der Waals surface area contributed by atoms with Gasteiger partial charge in [-0.2, -0.15) is 5.26 Å². The number of carboxylic acid groups (broad SMARTS) is 1. The summed E-state index contributed by atoms with van der Waals surface area (Å²) in [6.45, 7) is 3.20. The molecule has 1 saturated carbocycles. The van der Waals surface area contributed by atoms with Crippen LogP contribution in [0.5, 0.6) is 11.5 Å². The Labute approximate surface area is 311 Å². The molecule has 0 radical (unpaired) electrons. The quantitative estimate of drug-likeness (QED) is 0.145. The van der Waals surface area contributed by atoms with Gasteiger partial charge in [-0.25, -0.2) is 9.37 Å². The topological polar surface area (TPSA) is 162 Å². The molecule has 2 unspecified atom stereocenters. The molecular formula is C39H40ClFN6O6. The number of carbonyl (C=O) groups is 2. The number of carbonyl (C=O) groups excluding carboxylic acids is 1. The second kappa shape index (κ2) is 14.4. The zero-order chi connectivity index (χ0) is 37.6. The summed E-state index contributed by atoms with van der Waals surface area (Å²) in [6, 6.07) is 14.9. The summed E-state index contributed by atoms with van der Waals surface area (Å²) in [5, 5.41) is 35.2. The van der Waals surface area contributed by atoms with Crippen molar-refractivity contribution in [3.05, 3.63) is 92.8 Å². The molecule has 1 amide bonds. The lowest BCUT2D eigenvalue weighted by atomic mass is 9.92. The van der Waals surface area contributed by atoms with E-state index < -0.39 is 29.3 Å². The van der Waals surface area contributed by atoms with Gasteiger partial charge in [-0.1, -0.05) is 41.9 Å². The molecule has 3 aliphatic rings. The molecule has 1 aliphatic heterocycles. The van der Waals surface area contributed by atoms with E-state index >= 15 is 4.39 Å². The Hall–Kier alpha value is -5.00. The maximum Gasteiger partial charge on any atom is 0.323 e. The number of benzene rings is 3. The number of imidazole rings is 1. The first-order chi connectivity index (χ1) is 25.5. The number of methoxy groups -OCH3 is 1. The van der Waals surface area contributed by atoms with Crippen molar-refractivity contribution >= 4 is 29.2 Å². The van der Waals surface area contributed by atoms with E-state index in [-0.39, 0.29) is 47.1 Å². The Morgan fingerprint density at radius 1 is 1.19 bits per heavy atom. The number of aliphatic hydroxyl groups excluding tert-OH is 1. The fourth-order valence-electron chi connectivity index (χ4n) is 7.47. The predicted octanol–water partition coefficient (Wildman–Crippen LogP) is 5.52. The number of nitriles is 1. The number of amides is 1. The van der Waals surface area contributed by atoms with Gasteiger partial charge in [0.2, 0.25) is 0 Å². The Balaban J connectivity index is 1.13. The van der Waals surface area contributed by atoms with Gasteiger partial charge >= 0.3 is 5.97 Å². The van der Waals surface area contributed by atoms with Crippen molar-refractivity contribution in [1.82, 2.24) is 19.8 Å². The smallest absolute Gasteiger partial charge is 0.323 e. The first-order valence-corrected chi connectivity index (χ1v) is 17.9. The van der Waals surface area contributed by atoms with E-state index in [1.165, 1.54) is 13.2 Å². The van der Waals surface area contributed by atoms with Crippen LogP contribution in [0.25, 0.3) is 11.1 Å². The van der Waals surface area contributed by atoms with Crippen molar-refractivity contribution in [3.63, 3.8) is 0 Å². The number of rotatable bonds is 12. The van der Waals surface area contributed by atoms with Crippen LogP contribution in [0.3, 0.4) is 0 Å². The zero-order valence-electron chi connectivity index (χ0n) is 29.6. The molecule has 2 atom stereocenters. The minimum atomic E-state index is -1.07. The standard InChI is InChI=1S/C39H40ClFN6O6/c1-21(20-48)47-15-12-30-29(19-47)44-36(46(30)2)37(49)45-28-9-5-7-23(26(28)17-42)22-6-4-8-25-24(22)10-11-31(25)53-33-16-32(52-3)27(35(41)34(33)40)18-43-39(13-14-39)38(50)51/h4-9,16,21,31,43,48H,10-15,18-20H2,1-3H3,(H,45,49)(H,50,51). The number of hydrogen-bond donors (Lipinski definition) is 4. The Morgan fingerprint density at radius 3 is 2.64 bits per heavy atom. The van der Waals surface area contributed by atoms with Gasteiger partial charge in [0, 0.05) is 62.0 Å². The number of aliphatic hydroxyl groups is 1. The summed E-state index contributed by atoms with van der Waals surface area (Å²) in [7, 11) is 3.21. The summed E-state index contributed by atoms with van der Waals surface area (Å²) >= 11 is 6.51. The highest BCUT2D eigenvalue weighted by atomic mass is 35.5. The minimum absolute atomic E-state index is 0.0174. The molecular weight excluding hydrogens is 703 g/mol. The fourth-order valence-corrected chi connectivity index (χ4v) is 7.68. The van der Waals surface area contributed by atoms with Crippen LogP contribution in [0.15, 0.2) is 42.5 Å². The Bertz CT molecular complexity index is 2160. The van der Waals surface area contributed by atoms with Crippen LogP contribution in [0.2, 0.25) is 5.02 Å². The number of aliphatic carboxylic acids is 1. The monoisotopic (exact) mass is 742 g/mol. The number of nitrogens with zero attached hydrogens (tertiary/aromatic N) is 4. The summed E-state index contributed by atoms with van der Waals surface area (Å²) in [4.78, 5) is 32.0. The number of anilines is 1. The lowest BCUT2D eigenvalue weighted by Crippen LogP contribution is -2.39. The lowest BCUT2D eigenvalue weighted by molar-refractivity contribution is -0.140. The largest absolute Gasteiger partial charge is 0.496 e. The van der Waals surface area contributed by atoms with E-state index in [2.05, 4.69) is 26.6 Å². The van der Waals surface area contributed by atoms with Gasteiger partial charge in [0.05, 0.1) is 30.7 Å². The van der Waals surface area contributed by atoms with Crippen molar-refractivity contribution in [3.8, 4) is 28.7 Å². The van der Waals surface area contributed by atoms with Crippen molar-refractivity contribution < 1.29 is 33.7 Å². The van der Waals surface area contributed by atoms with Crippen LogP contribution in [-0.2, 0) is 37.8 Å². The minimum Gasteiger partial charge on any atom is -0.496 e. The van der Waals surface area contributed by atoms with Crippen LogP contribution in [0.1, 0.15) is 76.6 Å². The molecule has 276 valence electrons. The van der Waals surface area contributed by atoms with Crippen LogP contribution in [-0.4, -0.2) is 68.4 Å². The van der Waals surface area contributed by atoms with Gasteiger partial charge in [-0.05, 0) is 55.4 Å². The molecule has 4 N–H and O–H groups in total. The van der Waals surface area contributed by atoms with Gasteiger partial charge in [0.25, 0.3) is 5.91 Å². The average Bonchev–Trinajstić information content (AvgIpc) is 3.75. The molecule has 4 aromatic rings. The van der Waals surface area contributed by atoms with Crippen molar-refractivity contribution in [2.24, 2.45) is 7.05 Å². The number of nitrogens with one attached hydrogen (secondary N) is 2. The highest BCUT2D eigenvalue weighted by molar-refractivity contribution is 6.32. The molecule has 2 heterocycles. The van der Waals surface area contributed by atoms with E-state index in [9.17, 15) is 25.1 Å². The second-order valence-corrected chi connectivity index (χ2v) is 14.3. The van der Waals surface area contributed by atoms with Gasteiger partial charge in [-0.15, -0.1) is 0 Å². The van der Waals surface area contributed by atoms with Crippen molar-refractivity contribution in [2.75, 3.05) is 25.6 Å². The molecule has 0 bridgehead atoms. The third-order valence-corrected chi connectivity index (χ3v) is 11.1. The van der Waals surface area contributed by atoms with Crippen LogP contribution in [0, 0.1) is 17.1 Å². The summed E-state index contributed by atoms with van der Waals surface area (Å²) in [5.74, 6) is -1.63. The number of ether oxygens (including phenoxy) is 2. The number of aromatic nitrogens is 2. The number of halogens is 2. The lowest BCUT2D eigenvalue weighted by Gasteiger charge is -2.30. The van der Waals surface area contributed by atoms with Gasteiger partial charge in [0.1, 0.15) is 34.2 Å². The third-order valence-electron chi connectivity index (χ3n) is 10.8. The Morgan fingerprint density at radius 2 is 1.94 bits per heavy atom. The van der Waals surface area contributed by atoms with Gasteiger partial charge < -0.3 is 29.6 Å². The average molecular weight is 743 g/mol. The molecule has 2 aliphatic carbocycles.